The van der Waals surface area contributed by atoms with Crippen LogP contribution in [0, 0.1) is 5.82 Å². The molecule has 0 bridgehead atoms. The first-order valence-corrected chi connectivity index (χ1v) is 5.75. The Hall–Kier alpha value is -2.14. The molecule has 2 aromatic rings. The highest BCUT2D eigenvalue weighted by atomic mass is 35.5. The third-order valence-electron chi connectivity index (χ3n) is 2.41. The summed E-state index contributed by atoms with van der Waals surface area (Å²) in [5.74, 6) is -0.779. The lowest BCUT2D eigenvalue weighted by Gasteiger charge is -2.07. The molecular weight excluding hydrogens is 271 g/mol. The maximum absolute atomic E-state index is 13.7. The molecule has 1 aromatic carbocycles. The standard InChI is InChI=1S/C13H10ClFN2O2/c1-19-8-4-5-9(11(15)7-8)13(18)17-12-10(14)3-2-6-16-12/h2-7H,1H3,(H,16,17,18). The maximum atomic E-state index is 13.7. The molecule has 0 atom stereocenters. The molecule has 1 amide bonds. The summed E-state index contributed by atoms with van der Waals surface area (Å²) in [6, 6.07) is 7.17. The van der Waals surface area contributed by atoms with Gasteiger partial charge in [-0.15, -0.1) is 0 Å². The van der Waals surface area contributed by atoms with Gasteiger partial charge in [0.1, 0.15) is 11.6 Å². The van der Waals surface area contributed by atoms with E-state index in [-0.39, 0.29) is 16.4 Å². The highest BCUT2D eigenvalue weighted by Gasteiger charge is 2.14. The lowest BCUT2D eigenvalue weighted by atomic mass is 10.2. The van der Waals surface area contributed by atoms with Gasteiger partial charge in [0.25, 0.3) is 5.91 Å². The van der Waals surface area contributed by atoms with Crippen LogP contribution in [0.2, 0.25) is 5.02 Å². The second kappa shape index (κ2) is 5.67. The summed E-state index contributed by atoms with van der Waals surface area (Å²) in [5.41, 5.74) is -0.109. The largest absolute Gasteiger partial charge is 0.497 e. The third kappa shape index (κ3) is 3.00. The number of aromatic nitrogens is 1. The minimum absolute atomic E-state index is 0.109. The highest BCUT2D eigenvalue weighted by Crippen LogP contribution is 2.20. The second-order valence-electron chi connectivity index (χ2n) is 3.63. The number of anilines is 1. The van der Waals surface area contributed by atoms with E-state index in [9.17, 15) is 9.18 Å². The van der Waals surface area contributed by atoms with Gasteiger partial charge in [-0.25, -0.2) is 9.37 Å². The van der Waals surface area contributed by atoms with E-state index in [1.807, 2.05) is 0 Å². The second-order valence-corrected chi connectivity index (χ2v) is 4.04. The summed E-state index contributed by atoms with van der Waals surface area (Å²) in [7, 11) is 1.42. The molecule has 98 valence electrons. The van der Waals surface area contributed by atoms with Crippen molar-refractivity contribution in [3.8, 4) is 5.75 Å². The lowest BCUT2D eigenvalue weighted by Crippen LogP contribution is -2.15. The van der Waals surface area contributed by atoms with Crippen LogP contribution >= 0.6 is 11.6 Å². The number of carbonyl (C=O) groups is 1. The molecule has 0 spiro atoms. The van der Waals surface area contributed by atoms with Gasteiger partial charge in [0.05, 0.1) is 17.7 Å². The quantitative estimate of drug-likeness (QED) is 0.940. The molecule has 1 N–H and O–H groups in total. The van der Waals surface area contributed by atoms with Crippen molar-refractivity contribution >= 4 is 23.3 Å². The van der Waals surface area contributed by atoms with E-state index < -0.39 is 11.7 Å². The fourth-order valence-electron chi connectivity index (χ4n) is 1.46. The Morgan fingerprint density at radius 2 is 2.21 bits per heavy atom. The van der Waals surface area contributed by atoms with E-state index in [1.165, 1.54) is 25.4 Å². The number of amides is 1. The number of carbonyl (C=O) groups excluding carboxylic acids is 1. The Kier molecular flexibility index (Phi) is 3.97. The van der Waals surface area contributed by atoms with E-state index in [2.05, 4.69) is 10.3 Å². The van der Waals surface area contributed by atoms with Gasteiger partial charge in [0.15, 0.2) is 5.82 Å². The van der Waals surface area contributed by atoms with Gasteiger partial charge in [-0.3, -0.25) is 4.79 Å². The summed E-state index contributed by atoms with van der Waals surface area (Å²) >= 11 is 5.85. The van der Waals surface area contributed by atoms with Crippen molar-refractivity contribution in [3.05, 3.63) is 52.9 Å². The topological polar surface area (TPSA) is 51.2 Å². The van der Waals surface area contributed by atoms with Crippen molar-refractivity contribution in [1.29, 1.82) is 0 Å². The number of ether oxygens (including phenoxy) is 1. The van der Waals surface area contributed by atoms with Crippen LogP contribution in [0.3, 0.4) is 0 Å². The molecule has 0 aliphatic rings. The molecule has 0 fully saturated rings. The Morgan fingerprint density at radius 3 is 2.84 bits per heavy atom. The number of nitrogens with zero attached hydrogens (tertiary/aromatic N) is 1. The molecule has 2 rings (SSSR count). The molecule has 4 nitrogen and oxygen atoms in total. The van der Waals surface area contributed by atoms with Crippen LogP contribution in [-0.4, -0.2) is 18.0 Å². The van der Waals surface area contributed by atoms with Gasteiger partial charge in [-0.2, -0.15) is 0 Å². The monoisotopic (exact) mass is 280 g/mol. The summed E-state index contributed by atoms with van der Waals surface area (Å²) in [4.78, 5) is 15.8. The number of hydrogen-bond acceptors (Lipinski definition) is 3. The minimum atomic E-state index is -0.677. The van der Waals surface area contributed by atoms with Gasteiger partial charge in [0.2, 0.25) is 0 Å². The number of benzene rings is 1. The SMILES string of the molecule is COc1ccc(C(=O)Nc2ncccc2Cl)c(F)c1. The molecule has 0 aliphatic carbocycles. The summed E-state index contributed by atoms with van der Waals surface area (Å²) in [5, 5.41) is 2.72. The molecule has 19 heavy (non-hydrogen) atoms. The molecule has 0 radical (unpaired) electrons. The van der Waals surface area contributed by atoms with Gasteiger partial charge >= 0.3 is 0 Å². The smallest absolute Gasteiger partial charge is 0.259 e. The zero-order valence-corrected chi connectivity index (χ0v) is 10.7. The lowest BCUT2D eigenvalue weighted by molar-refractivity contribution is 0.102. The number of halogens is 2. The van der Waals surface area contributed by atoms with Crippen LogP contribution in [0.5, 0.6) is 5.75 Å². The molecule has 6 heteroatoms. The van der Waals surface area contributed by atoms with E-state index >= 15 is 0 Å². The number of hydrogen-bond donors (Lipinski definition) is 1. The Morgan fingerprint density at radius 1 is 1.42 bits per heavy atom. The van der Waals surface area contributed by atoms with Crippen LogP contribution in [0.15, 0.2) is 36.5 Å². The van der Waals surface area contributed by atoms with Crippen molar-refractivity contribution in [1.82, 2.24) is 4.98 Å². The van der Waals surface area contributed by atoms with Crippen LogP contribution in [-0.2, 0) is 0 Å². The number of nitrogens with one attached hydrogen (secondary N) is 1. The average Bonchev–Trinajstić information content (AvgIpc) is 2.41. The molecule has 0 saturated heterocycles. The predicted molar refractivity (Wildman–Crippen MR) is 70.2 cm³/mol. The fourth-order valence-corrected chi connectivity index (χ4v) is 1.63. The third-order valence-corrected chi connectivity index (χ3v) is 2.72. The first-order chi connectivity index (χ1) is 9.11. The van der Waals surface area contributed by atoms with Crippen molar-refractivity contribution < 1.29 is 13.9 Å². The molecular formula is C13H10ClFN2O2. The van der Waals surface area contributed by atoms with Gasteiger partial charge in [-0.1, -0.05) is 11.6 Å². The summed E-state index contributed by atoms with van der Waals surface area (Å²) < 4.78 is 18.6. The first kappa shape index (κ1) is 13.3. The number of pyridine rings is 1. The van der Waals surface area contributed by atoms with Gasteiger partial charge in [0, 0.05) is 12.3 Å². The normalized spacial score (nSPS) is 10.1. The maximum Gasteiger partial charge on any atom is 0.259 e. The predicted octanol–water partition coefficient (Wildman–Crippen LogP) is 3.14. The van der Waals surface area contributed by atoms with Crippen molar-refractivity contribution in [2.75, 3.05) is 12.4 Å². The fraction of sp³-hybridized carbons (Fsp3) is 0.0769. The molecule has 1 aromatic heterocycles. The van der Waals surface area contributed by atoms with Crippen molar-refractivity contribution in [2.45, 2.75) is 0 Å². The van der Waals surface area contributed by atoms with Gasteiger partial charge < -0.3 is 10.1 Å². The molecule has 0 aliphatic heterocycles. The minimum Gasteiger partial charge on any atom is -0.497 e. The first-order valence-electron chi connectivity index (χ1n) is 5.37. The van der Waals surface area contributed by atoms with Crippen molar-refractivity contribution in [2.24, 2.45) is 0 Å². The molecule has 1 heterocycles. The van der Waals surface area contributed by atoms with Crippen LogP contribution < -0.4 is 10.1 Å². The molecule has 0 unspecified atom stereocenters. The number of rotatable bonds is 3. The highest BCUT2D eigenvalue weighted by molar-refractivity contribution is 6.33. The van der Waals surface area contributed by atoms with Crippen LogP contribution in [0.1, 0.15) is 10.4 Å². The van der Waals surface area contributed by atoms with E-state index in [4.69, 9.17) is 16.3 Å². The summed E-state index contributed by atoms with van der Waals surface area (Å²) in [6.07, 6.45) is 1.48. The van der Waals surface area contributed by atoms with Crippen molar-refractivity contribution in [3.63, 3.8) is 0 Å². The number of methoxy groups -OCH3 is 1. The zero-order valence-electron chi connectivity index (χ0n) is 9.98. The Bertz CT molecular complexity index is 619. The van der Waals surface area contributed by atoms with E-state index in [1.54, 1.807) is 12.1 Å². The zero-order chi connectivity index (χ0) is 13.8. The van der Waals surface area contributed by atoms with E-state index in [0.717, 1.165) is 6.07 Å². The molecule has 0 saturated carbocycles. The van der Waals surface area contributed by atoms with Crippen LogP contribution in [0.4, 0.5) is 10.2 Å². The Labute approximate surface area is 114 Å². The van der Waals surface area contributed by atoms with Gasteiger partial charge in [-0.05, 0) is 24.3 Å². The Balaban J connectivity index is 2.23. The van der Waals surface area contributed by atoms with E-state index in [0.29, 0.717) is 5.75 Å². The average molecular weight is 281 g/mol. The summed E-state index contributed by atoms with van der Waals surface area (Å²) in [6.45, 7) is 0. The van der Waals surface area contributed by atoms with Crippen LogP contribution in [0.25, 0.3) is 0 Å².